The molecular formula is C12H14FNO2. The third kappa shape index (κ3) is 3.31. The van der Waals surface area contributed by atoms with Crippen molar-refractivity contribution in [2.45, 2.75) is 19.4 Å². The van der Waals surface area contributed by atoms with Crippen molar-refractivity contribution < 1.29 is 13.9 Å². The van der Waals surface area contributed by atoms with Gasteiger partial charge in [0.05, 0.1) is 6.61 Å². The van der Waals surface area contributed by atoms with Crippen LogP contribution in [-0.2, 0) is 16.1 Å². The minimum atomic E-state index is -0.259. The highest BCUT2D eigenvalue weighted by Crippen LogP contribution is 2.28. The second-order valence-corrected chi connectivity index (χ2v) is 3.93. The van der Waals surface area contributed by atoms with Crippen molar-refractivity contribution in [3.05, 3.63) is 35.6 Å². The maximum Gasteiger partial charge on any atom is 0.224 e. The average Bonchev–Trinajstić information content (AvgIpc) is 3.10. The normalized spacial score (nSPS) is 14.8. The number of hydrogen-bond acceptors (Lipinski definition) is 2. The fourth-order valence-corrected chi connectivity index (χ4v) is 1.36. The summed E-state index contributed by atoms with van der Waals surface area (Å²) in [5, 5.41) is 2.69. The number of hydrogen-bond donors (Lipinski definition) is 1. The number of benzene rings is 1. The number of halogens is 1. The van der Waals surface area contributed by atoms with Gasteiger partial charge in [-0.15, -0.1) is 0 Å². The molecular weight excluding hydrogens is 209 g/mol. The summed E-state index contributed by atoms with van der Waals surface area (Å²) < 4.78 is 17.8. The predicted octanol–water partition coefficient (Wildman–Crippen LogP) is 1.83. The van der Waals surface area contributed by atoms with Crippen LogP contribution in [-0.4, -0.2) is 12.6 Å². The van der Waals surface area contributed by atoms with Gasteiger partial charge < -0.3 is 10.1 Å². The zero-order chi connectivity index (χ0) is 11.4. The van der Waals surface area contributed by atoms with E-state index in [2.05, 4.69) is 5.32 Å². The summed E-state index contributed by atoms with van der Waals surface area (Å²) in [5.41, 5.74) is 0.891. The number of carbonyl (C=O) groups is 1. The van der Waals surface area contributed by atoms with E-state index in [0.29, 0.717) is 6.61 Å². The van der Waals surface area contributed by atoms with Gasteiger partial charge in [0.25, 0.3) is 0 Å². The van der Waals surface area contributed by atoms with E-state index in [1.165, 1.54) is 12.1 Å². The number of amides is 1. The van der Waals surface area contributed by atoms with Crippen LogP contribution in [0.2, 0.25) is 0 Å². The van der Waals surface area contributed by atoms with Gasteiger partial charge in [0, 0.05) is 5.92 Å². The van der Waals surface area contributed by atoms with E-state index in [9.17, 15) is 9.18 Å². The molecule has 4 heteroatoms. The van der Waals surface area contributed by atoms with Crippen molar-refractivity contribution in [2.24, 2.45) is 5.92 Å². The SMILES string of the molecule is O=C(NCOCc1ccc(F)cc1)C1CC1. The number of rotatable bonds is 5. The summed E-state index contributed by atoms with van der Waals surface area (Å²) in [7, 11) is 0. The lowest BCUT2D eigenvalue weighted by Gasteiger charge is -2.05. The van der Waals surface area contributed by atoms with Gasteiger partial charge in [0.15, 0.2) is 0 Å². The smallest absolute Gasteiger partial charge is 0.224 e. The Morgan fingerprint density at radius 2 is 2.06 bits per heavy atom. The quantitative estimate of drug-likeness (QED) is 0.611. The molecule has 1 N–H and O–H groups in total. The monoisotopic (exact) mass is 223 g/mol. The third-order valence-corrected chi connectivity index (χ3v) is 2.48. The molecule has 1 aromatic carbocycles. The maximum atomic E-state index is 12.6. The molecule has 1 fully saturated rings. The molecule has 0 aromatic heterocycles. The van der Waals surface area contributed by atoms with E-state index in [4.69, 9.17) is 4.74 Å². The van der Waals surface area contributed by atoms with Crippen molar-refractivity contribution >= 4 is 5.91 Å². The van der Waals surface area contributed by atoms with Crippen molar-refractivity contribution in [3.63, 3.8) is 0 Å². The van der Waals surface area contributed by atoms with Gasteiger partial charge in [-0.05, 0) is 30.5 Å². The molecule has 86 valence electrons. The lowest BCUT2D eigenvalue weighted by atomic mass is 10.2. The predicted molar refractivity (Wildman–Crippen MR) is 56.9 cm³/mol. The summed E-state index contributed by atoms with van der Waals surface area (Å²) in [6.45, 7) is 0.595. The largest absolute Gasteiger partial charge is 0.357 e. The number of nitrogens with one attached hydrogen (secondary N) is 1. The Balaban J connectivity index is 1.63. The molecule has 0 radical (unpaired) electrons. The van der Waals surface area contributed by atoms with Gasteiger partial charge in [-0.2, -0.15) is 0 Å². The molecule has 0 unspecified atom stereocenters. The van der Waals surface area contributed by atoms with Crippen molar-refractivity contribution in [1.82, 2.24) is 5.32 Å². The van der Waals surface area contributed by atoms with E-state index in [0.717, 1.165) is 18.4 Å². The molecule has 0 atom stereocenters. The van der Waals surface area contributed by atoms with Gasteiger partial charge >= 0.3 is 0 Å². The summed E-state index contributed by atoms with van der Waals surface area (Å²) in [6, 6.07) is 6.11. The minimum Gasteiger partial charge on any atom is -0.357 e. The highest BCUT2D eigenvalue weighted by atomic mass is 19.1. The molecule has 1 saturated carbocycles. The van der Waals surface area contributed by atoms with Crippen molar-refractivity contribution in [2.75, 3.05) is 6.73 Å². The summed E-state index contributed by atoms with van der Waals surface area (Å²) in [6.07, 6.45) is 1.98. The van der Waals surface area contributed by atoms with Gasteiger partial charge in [-0.3, -0.25) is 4.79 Å². The number of ether oxygens (including phenoxy) is 1. The molecule has 1 amide bonds. The van der Waals surface area contributed by atoms with Crippen LogP contribution < -0.4 is 5.32 Å². The highest BCUT2D eigenvalue weighted by molar-refractivity contribution is 5.80. The summed E-state index contributed by atoms with van der Waals surface area (Å²) in [4.78, 5) is 11.2. The van der Waals surface area contributed by atoms with Crippen LogP contribution in [0.15, 0.2) is 24.3 Å². The van der Waals surface area contributed by atoms with Crippen LogP contribution in [0.5, 0.6) is 0 Å². The van der Waals surface area contributed by atoms with E-state index < -0.39 is 0 Å². The van der Waals surface area contributed by atoms with E-state index in [1.54, 1.807) is 12.1 Å². The van der Waals surface area contributed by atoms with E-state index in [-0.39, 0.29) is 24.4 Å². The molecule has 3 nitrogen and oxygen atoms in total. The molecule has 1 aliphatic rings. The Labute approximate surface area is 93.6 Å². The fraction of sp³-hybridized carbons (Fsp3) is 0.417. The Bertz CT molecular complexity index is 360. The molecule has 0 heterocycles. The molecule has 1 aromatic rings. The van der Waals surface area contributed by atoms with Crippen LogP contribution in [0.25, 0.3) is 0 Å². The third-order valence-electron chi connectivity index (χ3n) is 2.48. The first-order valence-corrected chi connectivity index (χ1v) is 5.35. The highest BCUT2D eigenvalue weighted by Gasteiger charge is 2.29. The molecule has 0 bridgehead atoms. The van der Waals surface area contributed by atoms with Gasteiger partial charge in [-0.1, -0.05) is 12.1 Å². The van der Waals surface area contributed by atoms with Gasteiger partial charge in [0.2, 0.25) is 5.91 Å². The van der Waals surface area contributed by atoms with Crippen LogP contribution in [0.1, 0.15) is 18.4 Å². The average molecular weight is 223 g/mol. The second kappa shape index (κ2) is 5.07. The first-order chi connectivity index (χ1) is 7.75. The van der Waals surface area contributed by atoms with Crippen LogP contribution in [0.4, 0.5) is 4.39 Å². The first kappa shape index (κ1) is 11.1. The summed E-state index contributed by atoms with van der Waals surface area (Å²) >= 11 is 0. The molecule has 0 aliphatic heterocycles. The maximum absolute atomic E-state index is 12.6. The molecule has 0 spiro atoms. The Morgan fingerprint density at radius 3 is 2.69 bits per heavy atom. The Kier molecular flexibility index (Phi) is 3.51. The number of carbonyl (C=O) groups excluding carboxylic acids is 1. The zero-order valence-electron chi connectivity index (χ0n) is 8.91. The van der Waals surface area contributed by atoms with E-state index >= 15 is 0 Å². The summed E-state index contributed by atoms with van der Waals surface area (Å²) in [5.74, 6) is 0.0133. The molecule has 16 heavy (non-hydrogen) atoms. The first-order valence-electron chi connectivity index (χ1n) is 5.35. The minimum absolute atomic E-state index is 0.0686. The standard InChI is InChI=1S/C12H14FNO2/c13-11-5-1-9(2-6-11)7-16-8-14-12(15)10-3-4-10/h1-2,5-6,10H,3-4,7-8H2,(H,14,15). The van der Waals surface area contributed by atoms with E-state index in [1.807, 2.05) is 0 Å². The molecule has 1 aliphatic carbocycles. The van der Waals surface area contributed by atoms with Crippen molar-refractivity contribution in [1.29, 1.82) is 0 Å². The lowest BCUT2D eigenvalue weighted by Crippen LogP contribution is -2.27. The second-order valence-electron chi connectivity index (χ2n) is 3.93. The Hall–Kier alpha value is -1.42. The van der Waals surface area contributed by atoms with Crippen LogP contribution in [0.3, 0.4) is 0 Å². The van der Waals surface area contributed by atoms with Crippen LogP contribution >= 0.6 is 0 Å². The molecule has 0 saturated heterocycles. The fourth-order valence-electron chi connectivity index (χ4n) is 1.36. The van der Waals surface area contributed by atoms with Gasteiger partial charge in [-0.25, -0.2) is 4.39 Å². The Morgan fingerprint density at radius 1 is 1.38 bits per heavy atom. The molecule has 2 rings (SSSR count). The topological polar surface area (TPSA) is 38.3 Å². The van der Waals surface area contributed by atoms with Crippen LogP contribution in [0, 0.1) is 11.7 Å². The van der Waals surface area contributed by atoms with Crippen molar-refractivity contribution in [3.8, 4) is 0 Å². The van der Waals surface area contributed by atoms with Gasteiger partial charge in [0.1, 0.15) is 12.5 Å². The lowest BCUT2D eigenvalue weighted by molar-refractivity contribution is -0.124. The zero-order valence-corrected chi connectivity index (χ0v) is 8.91.